The average molecular weight is 256 g/mol. The number of carbonyl (C=O) groups excluding carboxylic acids is 2. The number of Topliss-reactive ketones (excluding diaryl/α,β-unsaturated/α-hetero) is 2. The van der Waals surface area contributed by atoms with E-state index in [9.17, 15) is 22.8 Å². The Bertz CT molecular complexity index is 517. The molecular weight excluding hydrogens is 245 g/mol. The molecule has 18 heavy (non-hydrogen) atoms. The lowest BCUT2D eigenvalue weighted by Gasteiger charge is -2.23. The van der Waals surface area contributed by atoms with Crippen LogP contribution in [0, 0.1) is 12.8 Å². The van der Waals surface area contributed by atoms with E-state index in [1.54, 1.807) is 25.1 Å². The predicted octanol–water partition coefficient (Wildman–Crippen LogP) is 2.87. The fourth-order valence-electron chi connectivity index (χ4n) is 2.20. The van der Waals surface area contributed by atoms with Crippen LogP contribution in [-0.2, 0) is 11.2 Å². The molecular formula is C13H11F3O2. The van der Waals surface area contributed by atoms with Crippen molar-refractivity contribution in [2.75, 3.05) is 0 Å². The van der Waals surface area contributed by atoms with Crippen LogP contribution in [0.4, 0.5) is 13.2 Å². The monoisotopic (exact) mass is 256 g/mol. The second kappa shape index (κ2) is 4.23. The van der Waals surface area contributed by atoms with E-state index < -0.39 is 23.7 Å². The molecule has 1 aromatic rings. The summed E-state index contributed by atoms with van der Waals surface area (Å²) in [5.74, 6) is -4.21. The first-order chi connectivity index (χ1) is 8.30. The minimum Gasteiger partial charge on any atom is -0.293 e. The number of rotatable bonds is 1. The Hall–Kier alpha value is -1.65. The van der Waals surface area contributed by atoms with Crippen molar-refractivity contribution in [2.45, 2.75) is 25.9 Å². The molecule has 0 heterocycles. The zero-order valence-corrected chi connectivity index (χ0v) is 9.67. The molecule has 1 aromatic carbocycles. The molecule has 0 radical (unpaired) electrons. The van der Waals surface area contributed by atoms with Gasteiger partial charge >= 0.3 is 6.18 Å². The summed E-state index contributed by atoms with van der Waals surface area (Å²) in [4.78, 5) is 23.1. The van der Waals surface area contributed by atoms with E-state index in [4.69, 9.17) is 0 Å². The topological polar surface area (TPSA) is 34.1 Å². The van der Waals surface area contributed by atoms with Gasteiger partial charge in [0.25, 0.3) is 0 Å². The van der Waals surface area contributed by atoms with Crippen molar-refractivity contribution in [3.63, 3.8) is 0 Å². The van der Waals surface area contributed by atoms with Crippen LogP contribution in [0.1, 0.15) is 27.9 Å². The van der Waals surface area contributed by atoms with Crippen molar-refractivity contribution in [2.24, 2.45) is 5.92 Å². The third-order valence-corrected chi connectivity index (χ3v) is 3.15. The third kappa shape index (κ3) is 2.17. The number of carbonyl (C=O) groups is 2. The number of alkyl halides is 3. The summed E-state index contributed by atoms with van der Waals surface area (Å²) in [5.41, 5.74) is 1.77. The van der Waals surface area contributed by atoms with Gasteiger partial charge in [0.2, 0.25) is 5.78 Å². The molecule has 0 bridgehead atoms. The SMILES string of the molecule is Cc1ccc2c(c1)C(=O)C(C(=O)C(F)(F)F)CC2. The first kappa shape index (κ1) is 12.8. The number of hydrogen-bond acceptors (Lipinski definition) is 2. The van der Waals surface area contributed by atoms with Gasteiger partial charge in [-0.05, 0) is 31.4 Å². The van der Waals surface area contributed by atoms with E-state index in [0.29, 0.717) is 6.42 Å². The molecule has 1 unspecified atom stereocenters. The Kier molecular flexibility index (Phi) is 3.00. The minimum absolute atomic E-state index is 0.0623. The van der Waals surface area contributed by atoms with Crippen molar-refractivity contribution in [3.8, 4) is 0 Å². The number of benzene rings is 1. The molecule has 96 valence electrons. The quantitative estimate of drug-likeness (QED) is 0.724. The van der Waals surface area contributed by atoms with Gasteiger partial charge in [-0.1, -0.05) is 17.7 Å². The van der Waals surface area contributed by atoms with Crippen molar-refractivity contribution in [1.29, 1.82) is 0 Å². The number of hydrogen-bond donors (Lipinski definition) is 0. The van der Waals surface area contributed by atoms with E-state index in [-0.39, 0.29) is 12.0 Å². The van der Waals surface area contributed by atoms with Crippen LogP contribution in [0.3, 0.4) is 0 Å². The second-order valence-electron chi connectivity index (χ2n) is 4.48. The normalized spacial score (nSPS) is 19.6. The first-order valence-electron chi connectivity index (χ1n) is 5.55. The maximum Gasteiger partial charge on any atom is 0.450 e. The summed E-state index contributed by atoms with van der Waals surface area (Å²) in [7, 11) is 0. The maximum atomic E-state index is 12.4. The van der Waals surface area contributed by atoms with Gasteiger partial charge in [-0.3, -0.25) is 9.59 Å². The average Bonchev–Trinajstić information content (AvgIpc) is 2.28. The molecule has 1 aliphatic carbocycles. The molecule has 0 fully saturated rings. The third-order valence-electron chi connectivity index (χ3n) is 3.15. The van der Waals surface area contributed by atoms with Crippen LogP contribution in [0.25, 0.3) is 0 Å². The zero-order chi connectivity index (χ0) is 13.5. The van der Waals surface area contributed by atoms with Crippen LogP contribution in [0.5, 0.6) is 0 Å². The number of fused-ring (bicyclic) bond motifs is 1. The van der Waals surface area contributed by atoms with Crippen molar-refractivity contribution >= 4 is 11.6 Å². The molecule has 0 amide bonds. The standard InChI is InChI=1S/C13H11F3O2/c1-7-2-3-8-4-5-9(11(17)10(8)6-7)12(18)13(14,15)16/h2-3,6,9H,4-5H2,1H3. The molecule has 0 saturated carbocycles. The highest BCUT2D eigenvalue weighted by Gasteiger charge is 2.47. The summed E-state index contributed by atoms with van der Waals surface area (Å²) in [6, 6.07) is 5.09. The Morgan fingerprint density at radius 1 is 1.33 bits per heavy atom. The van der Waals surface area contributed by atoms with Crippen molar-refractivity contribution < 1.29 is 22.8 Å². The van der Waals surface area contributed by atoms with Crippen LogP contribution in [-0.4, -0.2) is 17.7 Å². The van der Waals surface area contributed by atoms with Gasteiger partial charge in [0.05, 0.1) is 5.92 Å². The summed E-state index contributed by atoms with van der Waals surface area (Å²) in [5, 5.41) is 0. The first-order valence-corrected chi connectivity index (χ1v) is 5.55. The Labute approximate surface area is 102 Å². The molecule has 2 nitrogen and oxygen atoms in total. The van der Waals surface area contributed by atoms with Crippen molar-refractivity contribution in [1.82, 2.24) is 0 Å². The lowest BCUT2D eigenvalue weighted by molar-refractivity contribution is -0.174. The Morgan fingerprint density at radius 3 is 2.61 bits per heavy atom. The largest absolute Gasteiger partial charge is 0.450 e. The molecule has 0 aromatic heterocycles. The lowest BCUT2D eigenvalue weighted by Crippen LogP contribution is -2.38. The predicted molar refractivity (Wildman–Crippen MR) is 58.4 cm³/mol. The highest BCUT2D eigenvalue weighted by atomic mass is 19.4. The molecule has 0 N–H and O–H groups in total. The molecule has 2 rings (SSSR count). The molecule has 0 spiro atoms. The highest BCUT2D eigenvalue weighted by Crippen LogP contribution is 2.31. The molecule has 1 aliphatic rings. The Morgan fingerprint density at radius 2 is 2.00 bits per heavy atom. The van der Waals surface area contributed by atoms with Crippen molar-refractivity contribution in [3.05, 3.63) is 34.9 Å². The van der Waals surface area contributed by atoms with E-state index in [1.165, 1.54) is 0 Å². The fraction of sp³-hybridized carbons (Fsp3) is 0.385. The van der Waals surface area contributed by atoms with E-state index in [0.717, 1.165) is 11.1 Å². The number of halogens is 3. The second-order valence-corrected chi connectivity index (χ2v) is 4.48. The van der Waals surface area contributed by atoms with Crippen LogP contribution in [0.15, 0.2) is 18.2 Å². The maximum absolute atomic E-state index is 12.4. The van der Waals surface area contributed by atoms with Crippen LogP contribution >= 0.6 is 0 Å². The summed E-state index contributed by atoms with van der Waals surface area (Å²) < 4.78 is 37.1. The van der Waals surface area contributed by atoms with Gasteiger partial charge in [0.1, 0.15) is 0 Å². The van der Waals surface area contributed by atoms with Gasteiger partial charge in [-0.15, -0.1) is 0 Å². The zero-order valence-electron chi connectivity index (χ0n) is 9.67. The summed E-state index contributed by atoms with van der Waals surface area (Å²) >= 11 is 0. The number of ketones is 2. The number of aryl methyl sites for hydroxylation is 2. The Balaban J connectivity index is 2.36. The van der Waals surface area contributed by atoms with Crippen LogP contribution in [0.2, 0.25) is 0 Å². The van der Waals surface area contributed by atoms with Gasteiger partial charge in [0.15, 0.2) is 5.78 Å². The van der Waals surface area contributed by atoms with E-state index in [1.807, 2.05) is 0 Å². The summed E-state index contributed by atoms with van der Waals surface area (Å²) in [6.07, 6.45) is -4.68. The molecule has 1 atom stereocenters. The molecule has 0 saturated heterocycles. The van der Waals surface area contributed by atoms with E-state index in [2.05, 4.69) is 0 Å². The highest BCUT2D eigenvalue weighted by molar-refractivity contribution is 6.13. The van der Waals surface area contributed by atoms with Gasteiger partial charge in [-0.2, -0.15) is 13.2 Å². The minimum atomic E-state index is -4.94. The van der Waals surface area contributed by atoms with Gasteiger partial charge < -0.3 is 0 Å². The fourth-order valence-corrected chi connectivity index (χ4v) is 2.20. The molecule has 5 heteroatoms. The van der Waals surface area contributed by atoms with Gasteiger partial charge in [0, 0.05) is 5.56 Å². The lowest BCUT2D eigenvalue weighted by atomic mass is 9.80. The van der Waals surface area contributed by atoms with E-state index >= 15 is 0 Å². The smallest absolute Gasteiger partial charge is 0.293 e. The van der Waals surface area contributed by atoms with Gasteiger partial charge in [-0.25, -0.2) is 0 Å². The molecule has 0 aliphatic heterocycles. The summed E-state index contributed by atoms with van der Waals surface area (Å²) in [6.45, 7) is 1.75. The van der Waals surface area contributed by atoms with Crippen LogP contribution < -0.4 is 0 Å².